The Bertz CT molecular complexity index is 527. The molecule has 0 spiro atoms. The average molecular weight is 276 g/mol. The molecule has 1 aromatic heterocycles. The summed E-state index contributed by atoms with van der Waals surface area (Å²) in [6.07, 6.45) is -1.68. The first-order chi connectivity index (χ1) is 8.90. The zero-order valence-corrected chi connectivity index (χ0v) is 10.7. The van der Waals surface area contributed by atoms with E-state index < -0.39 is 42.1 Å². The number of H-pyrrole nitrogens is 1. The van der Waals surface area contributed by atoms with Crippen LogP contribution < -0.4 is 11.2 Å². The standard InChI is InChI=1S/C11H17FN2O5/c1-3-8(16)9(5-15)19-6(2)14-4-7(12)10(17)13-11(14)18/h4,6,8-9,15-16H,3,5H2,1-2H3,(H,13,17,18). The van der Waals surface area contributed by atoms with Crippen molar-refractivity contribution in [2.45, 2.75) is 38.7 Å². The van der Waals surface area contributed by atoms with Crippen LogP contribution in [0.4, 0.5) is 4.39 Å². The van der Waals surface area contributed by atoms with Gasteiger partial charge in [-0.05, 0) is 13.3 Å². The van der Waals surface area contributed by atoms with Crippen LogP contribution in [-0.2, 0) is 4.74 Å². The van der Waals surface area contributed by atoms with Gasteiger partial charge in [-0.2, -0.15) is 4.39 Å². The molecule has 7 nitrogen and oxygen atoms in total. The summed E-state index contributed by atoms with van der Waals surface area (Å²) in [6.45, 7) is 2.69. The van der Waals surface area contributed by atoms with Gasteiger partial charge in [-0.1, -0.05) is 6.92 Å². The number of rotatable bonds is 6. The number of aromatic amines is 1. The number of halogens is 1. The van der Waals surface area contributed by atoms with E-state index in [4.69, 9.17) is 9.84 Å². The van der Waals surface area contributed by atoms with Gasteiger partial charge in [0.05, 0.1) is 18.9 Å². The van der Waals surface area contributed by atoms with E-state index in [1.807, 2.05) is 0 Å². The topological polar surface area (TPSA) is 105 Å². The zero-order valence-electron chi connectivity index (χ0n) is 10.7. The SMILES string of the molecule is CCC(O)C(CO)OC(C)n1cc(F)c(=O)[nH]c1=O. The van der Waals surface area contributed by atoms with E-state index in [9.17, 15) is 19.1 Å². The minimum atomic E-state index is -1.12. The first-order valence-electron chi connectivity index (χ1n) is 5.86. The van der Waals surface area contributed by atoms with E-state index >= 15 is 0 Å². The number of aromatic nitrogens is 2. The summed E-state index contributed by atoms with van der Waals surface area (Å²) in [5, 5.41) is 18.7. The van der Waals surface area contributed by atoms with Gasteiger partial charge in [-0.25, -0.2) is 4.79 Å². The van der Waals surface area contributed by atoms with Crippen LogP contribution in [0.15, 0.2) is 15.8 Å². The molecule has 0 aromatic carbocycles. The molecule has 3 atom stereocenters. The molecular weight excluding hydrogens is 259 g/mol. The summed E-state index contributed by atoms with van der Waals surface area (Å²) in [7, 11) is 0. The quantitative estimate of drug-likeness (QED) is 0.640. The van der Waals surface area contributed by atoms with Gasteiger partial charge in [-0.3, -0.25) is 14.3 Å². The fraction of sp³-hybridized carbons (Fsp3) is 0.636. The summed E-state index contributed by atoms with van der Waals surface area (Å²) >= 11 is 0. The van der Waals surface area contributed by atoms with E-state index in [0.29, 0.717) is 6.42 Å². The lowest BCUT2D eigenvalue weighted by atomic mass is 10.1. The summed E-state index contributed by atoms with van der Waals surface area (Å²) in [5.41, 5.74) is -1.94. The fourth-order valence-electron chi connectivity index (χ4n) is 1.57. The molecule has 8 heteroatoms. The Morgan fingerprint density at radius 1 is 1.53 bits per heavy atom. The Labute approximate surface area is 108 Å². The van der Waals surface area contributed by atoms with E-state index in [1.165, 1.54) is 6.92 Å². The van der Waals surface area contributed by atoms with Crippen molar-refractivity contribution >= 4 is 0 Å². The number of ether oxygens (including phenoxy) is 1. The van der Waals surface area contributed by atoms with Crippen molar-refractivity contribution in [2.24, 2.45) is 0 Å². The molecule has 0 aliphatic rings. The molecular formula is C11H17FN2O5. The lowest BCUT2D eigenvalue weighted by Crippen LogP contribution is -2.38. The summed E-state index contributed by atoms with van der Waals surface area (Å²) in [4.78, 5) is 24.2. The molecule has 1 aromatic rings. The summed E-state index contributed by atoms with van der Waals surface area (Å²) in [5.74, 6) is -1.12. The van der Waals surface area contributed by atoms with Crippen molar-refractivity contribution in [3.05, 3.63) is 32.9 Å². The smallest absolute Gasteiger partial charge is 0.330 e. The van der Waals surface area contributed by atoms with Gasteiger partial charge in [0.15, 0.2) is 0 Å². The van der Waals surface area contributed by atoms with Crippen molar-refractivity contribution < 1.29 is 19.3 Å². The van der Waals surface area contributed by atoms with Crippen molar-refractivity contribution in [2.75, 3.05) is 6.61 Å². The predicted molar refractivity (Wildman–Crippen MR) is 64.2 cm³/mol. The highest BCUT2D eigenvalue weighted by Gasteiger charge is 2.21. The fourth-order valence-corrected chi connectivity index (χ4v) is 1.57. The third-order valence-electron chi connectivity index (χ3n) is 2.72. The number of nitrogens with one attached hydrogen (secondary N) is 1. The molecule has 0 bridgehead atoms. The van der Waals surface area contributed by atoms with Crippen molar-refractivity contribution in [1.82, 2.24) is 9.55 Å². The second-order valence-electron chi connectivity index (χ2n) is 4.08. The number of hydrogen-bond donors (Lipinski definition) is 3. The lowest BCUT2D eigenvalue weighted by molar-refractivity contribution is -0.118. The van der Waals surface area contributed by atoms with Gasteiger partial charge in [0.2, 0.25) is 5.82 Å². The van der Waals surface area contributed by atoms with E-state index in [2.05, 4.69) is 0 Å². The molecule has 1 heterocycles. The summed E-state index contributed by atoms with van der Waals surface area (Å²) in [6, 6.07) is 0. The maximum atomic E-state index is 13.1. The molecule has 0 amide bonds. The highest BCUT2D eigenvalue weighted by molar-refractivity contribution is 4.88. The van der Waals surface area contributed by atoms with Crippen LogP contribution in [0, 0.1) is 5.82 Å². The van der Waals surface area contributed by atoms with Gasteiger partial charge >= 0.3 is 5.69 Å². The van der Waals surface area contributed by atoms with Gasteiger partial charge in [-0.15, -0.1) is 0 Å². The second-order valence-corrected chi connectivity index (χ2v) is 4.08. The Morgan fingerprint density at radius 2 is 2.16 bits per heavy atom. The normalized spacial score (nSPS) is 16.1. The Kier molecular flexibility index (Phi) is 5.40. The van der Waals surface area contributed by atoms with E-state index in [1.54, 1.807) is 11.9 Å². The molecule has 108 valence electrons. The van der Waals surface area contributed by atoms with Crippen LogP contribution in [0.1, 0.15) is 26.5 Å². The molecule has 19 heavy (non-hydrogen) atoms. The first-order valence-corrected chi connectivity index (χ1v) is 5.86. The number of hydrogen-bond acceptors (Lipinski definition) is 5. The predicted octanol–water partition coefficient (Wildman–Crippen LogP) is -0.657. The van der Waals surface area contributed by atoms with Crippen LogP contribution in [0.2, 0.25) is 0 Å². The van der Waals surface area contributed by atoms with Gasteiger partial charge in [0.25, 0.3) is 5.56 Å². The minimum absolute atomic E-state index is 0.354. The first kappa shape index (κ1) is 15.5. The van der Waals surface area contributed by atoms with Crippen LogP contribution in [0.5, 0.6) is 0 Å². The van der Waals surface area contributed by atoms with E-state index in [0.717, 1.165) is 10.8 Å². The Hall–Kier alpha value is -1.51. The van der Waals surface area contributed by atoms with Crippen LogP contribution >= 0.6 is 0 Å². The monoisotopic (exact) mass is 276 g/mol. The molecule has 1 rings (SSSR count). The van der Waals surface area contributed by atoms with Gasteiger partial charge in [0.1, 0.15) is 12.3 Å². The number of aliphatic hydroxyl groups is 2. The number of nitrogens with zero attached hydrogens (tertiary/aromatic N) is 1. The second kappa shape index (κ2) is 6.60. The summed E-state index contributed by atoms with van der Waals surface area (Å²) < 4.78 is 19.2. The molecule has 0 aliphatic carbocycles. The highest BCUT2D eigenvalue weighted by Crippen LogP contribution is 2.12. The van der Waals surface area contributed by atoms with Crippen molar-refractivity contribution in [3.8, 4) is 0 Å². The zero-order chi connectivity index (χ0) is 14.6. The van der Waals surface area contributed by atoms with Gasteiger partial charge in [0, 0.05) is 0 Å². The lowest BCUT2D eigenvalue weighted by Gasteiger charge is -2.25. The molecule has 0 radical (unpaired) electrons. The third kappa shape index (κ3) is 3.72. The molecule has 3 N–H and O–H groups in total. The van der Waals surface area contributed by atoms with Crippen LogP contribution in [0.25, 0.3) is 0 Å². The molecule has 0 fully saturated rings. The maximum Gasteiger partial charge on any atom is 0.330 e. The van der Waals surface area contributed by atoms with Crippen molar-refractivity contribution in [3.63, 3.8) is 0 Å². The molecule has 3 unspecified atom stereocenters. The average Bonchev–Trinajstić information content (AvgIpc) is 2.38. The van der Waals surface area contributed by atoms with Gasteiger partial charge < -0.3 is 14.9 Å². The molecule has 0 saturated carbocycles. The van der Waals surface area contributed by atoms with Crippen molar-refractivity contribution in [1.29, 1.82) is 0 Å². The molecule has 0 saturated heterocycles. The maximum absolute atomic E-state index is 13.1. The molecule has 0 aliphatic heterocycles. The third-order valence-corrected chi connectivity index (χ3v) is 2.72. The largest absolute Gasteiger partial charge is 0.394 e. The Balaban J connectivity index is 2.95. The van der Waals surface area contributed by atoms with Crippen LogP contribution in [0.3, 0.4) is 0 Å². The highest BCUT2D eigenvalue weighted by atomic mass is 19.1. The van der Waals surface area contributed by atoms with E-state index in [-0.39, 0.29) is 0 Å². The Morgan fingerprint density at radius 3 is 2.68 bits per heavy atom. The minimum Gasteiger partial charge on any atom is -0.394 e. The van der Waals surface area contributed by atoms with Crippen LogP contribution in [-0.4, -0.2) is 38.6 Å². The number of aliphatic hydroxyl groups excluding tert-OH is 2.